The van der Waals surface area contributed by atoms with Gasteiger partial charge in [-0.1, -0.05) is 6.07 Å². The fraction of sp³-hybridized carbons (Fsp3) is 0.533. The van der Waals surface area contributed by atoms with Gasteiger partial charge in [-0.15, -0.1) is 11.3 Å². The molecule has 1 N–H and O–H groups in total. The second-order valence-corrected chi connectivity index (χ2v) is 6.58. The Hall–Kier alpha value is -1.89. The van der Waals surface area contributed by atoms with Crippen LogP contribution < -0.4 is 5.32 Å². The lowest BCUT2D eigenvalue weighted by atomic mass is 9.98. The maximum Gasteiger partial charge on any atom is 0.226 e. The van der Waals surface area contributed by atoms with Gasteiger partial charge >= 0.3 is 0 Å². The minimum Gasteiger partial charge on any atom is -0.355 e. The van der Waals surface area contributed by atoms with Crippen LogP contribution in [0, 0.1) is 5.92 Å². The number of hydrogen-bond donors (Lipinski definition) is 1. The molecule has 1 saturated heterocycles. The van der Waals surface area contributed by atoms with Crippen molar-refractivity contribution in [2.45, 2.75) is 18.9 Å². The molecule has 1 fully saturated rings. The smallest absolute Gasteiger partial charge is 0.226 e. The minimum absolute atomic E-state index is 0.0251. The number of amides is 3. The van der Waals surface area contributed by atoms with E-state index in [1.807, 2.05) is 17.5 Å². The molecule has 1 aromatic heterocycles. The highest BCUT2D eigenvalue weighted by atomic mass is 32.1. The second-order valence-electron chi connectivity index (χ2n) is 5.60. The summed E-state index contributed by atoms with van der Waals surface area (Å²) in [7, 11) is 5.10. The van der Waals surface area contributed by atoms with Crippen LogP contribution >= 0.6 is 11.3 Å². The van der Waals surface area contributed by atoms with Crippen molar-refractivity contribution in [1.82, 2.24) is 15.1 Å². The molecule has 2 rings (SSSR count). The number of likely N-dealkylation sites (tertiary alicyclic amines) is 1. The maximum atomic E-state index is 12.4. The summed E-state index contributed by atoms with van der Waals surface area (Å²) >= 11 is 1.55. The Balaban J connectivity index is 1.99. The van der Waals surface area contributed by atoms with Crippen molar-refractivity contribution in [3.05, 3.63) is 22.4 Å². The molecule has 120 valence electrons. The number of nitrogens with one attached hydrogen (secondary N) is 1. The first-order valence-corrected chi connectivity index (χ1v) is 8.06. The van der Waals surface area contributed by atoms with E-state index in [4.69, 9.17) is 0 Å². The fourth-order valence-electron chi connectivity index (χ4n) is 2.60. The van der Waals surface area contributed by atoms with E-state index in [-0.39, 0.29) is 36.6 Å². The monoisotopic (exact) mass is 323 g/mol. The molecule has 0 radical (unpaired) electrons. The molecule has 7 heteroatoms. The van der Waals surface area contributed by atoms with Crippen LogP contribution in [-0.4, -0.2) is 55.2 Å². The van der Waals surface area contributed by atoms with Gasteiger partial charge in [0.25, 0.3) is 0 Å². The van der Waals surface area contributed by atoms with Crippen molar-refractivity contribution in [2.75, 3.05) is 27.7 Å². The first kappa shape index (κ1) is 16.5. The standard InChI is InChI=1S/C15H21N3O3S/c1-17(2)12(19)6-7-16-15(21)10-9-13(20)18(3)14(10)11-5-4-8-22-11/h4-5,8,10,14H,6-7,9H2,1-3H3,(H,16,21). The van der Waals surface area contributed by atoms with Gasteiger partial charge in [0.2, 0.25) is 17.7 Å². The predicted octanol–water partition coefficient (Wildman–Crippen LogP) is 0.862. The molecule has 0 aromatic carbocycles. The van der Waals surface area contributed by atoms with Crippen molar-refractivity contribution in [1.29, 1.82) is 0 Å². The van der Waals surface area contributed by atoms with E-state index in [1.165, 1.54) is 4.90 Å². The van der Waals surface area contributed by atoms with Crippen LogP contribution in [0.2, 0.25) is 0 Å². The van der Waals surface area contributed by atoms with Gasteiger partial charge in [0.15, 0.2) is 0 Å². The van der Waals surface area contributed by atoms with Gasteiger partial charge in [-0.25, -0.2) is 0 Å². The van der Waals surface area contributed by atoms with Crippen LogP contribution in [-0.2, 0) is 14.4 Å². The largest absolute Gasteiger partial charge is 0.355 e. The van der Waals surface area contributed by atoms with Crippen LogP contribution in [0.1, 0.15) is 23.8 Å². The zero-order valence-electron chi connectivity index (χ0n) is 13.0. The maximum absolute atomic E-state index is 12.4. The Morgan fingerprint density at radius 2 is 2.18 bits per heavy atom. The number of hydrogen-bond acceptors (Lipinski definition) is 4. The molecule has 2 heterocycles. The molecule has 6 nitrogen and oxygen atoms in total. The van der Waals surface area contributed by atoms with Gasteiger partial charge in [0.1, 0.15) is 0 Å². The van der Waals surface area contributed by atoms with Gasteiger partial charge in [0, 0.05) is 45.4 Å². The molecule has 0 saturated carbocycles. The highest BCUT2D eigenvalue weighted by Gasteiger charge is 2.43. The Bertz CT molecular complexity index is 556. The van der Waals surface area contributed by atoms with Gasteiger partial charge < -0.3 is 15.1 Å². The molecular weight excluding hydrogens is 302 g/mol. The summed E-state index contributed by atoms with van der Waals surface area (Å²) in [5, 5.41) is 4.72. The lowest BCUT2D eigenvalue weighted by molar-refractivity contribution is -0.130. The first-order chi connectivity index (χ1) is 10.4. The van der Waals surface area contributed by atoms with Crippen molar-refractivity contribution in [3.63, 3.8) is 0 Å². The molecule has 0 bridgehead atoms. The van der Waals surface area contributed by atoms with E-state index in [1.54, 1.807) is 37.4 Å². The van der Waals surface area contributed by atoms with Gasteiger partial charge in [0.05, 0.1) is 12.0 Å². The summed E-state index contributed by atoms with van der Waals surface area (Å²) < 4.78 is 0. The third-order valence-electron chi connectivity index (χ3n) is 3.89. The van der Waals surface area contributed by atoms with Crippen molar-refractivity contribution < 1.29 is 14.4 Å². The van der Waals surface area contributed by atoms with Crippen molar-refractivity contribution in [2.24, 2.45) is 5.92 Å². The third-order valence-corrected chi connectivity index (χ3v) is 4.84. The van der Waals surface area contributed by atoms with Gasteiger partial charge in [-0.2, -0.15) is 0 Å². The van der Waals surface area contributed by atoms with E-state index in [9.17, 15) is 14.4 Å². The highest BCUT2D eigenvalue weighted by molar-refractivity contribution is 7.10. The lowest BCUT2D eigenvalue weighted by Gasteiger charge is -2.23. The van der Waals surface area contributed by atoms with E-state index in [2.05, 4.69) is 5.32 Å². The third kappa shape index (κ3) is 3.47. The molecular formula is C15H21N3O3S. The van der Waals surface area contributed by atoms with E-state index >= 15 is 0 Å². The van der Waals surface area contributed by atoms with Gasteiger partial charge in [-0.3, -0.25) is 14.4 Å². The normalized spacial score (nSPS) is 21.0. The Morgan fingerprint density at radius 3 is 2.77 bits per heavy atom. The van der Waals surface area contributed by atoms with Gasteiger partial charge in [-0.05, 0) is 11.4 Å². The highest BCUT2D eigenvalue weighted by Crippen LogP contribution is 2.38. The average molecular weight is 323 g/mol. The molecule has 3 amide bonds. The van der Waals surface area contributed by atoms with Crippen LogP contribution in [0.5, 0.6) is 0 Å². The predicted molar refractivity (Wildman–Crippen MR) is 84.3 cm³/mol. The summed E-state index contributed by atoms with van der Waals surface area (Å²) in [5.41, 5.74) is 0. The van der Waals surface area contributed by atoms with E-state index in [0.717, 1.165) is 4.88 Å². The number of nitrogens with zero attached hydrogens (tertiary/aromatic N) is 2. The fourth-order valence-corrected chi connectivity index (χ4v) is 3.53. The quantitative estimate of drug-likeness (QED) is 0.874. The molecule has 0 spiro atoms. The Morgan fingerprint density at radius 1 is 1.45 bits per heavy atom. The van der Waals surface area contributed by atoms with Crippen LogP contribution in [0.25, 0.3) is 0 Å². The number of thiophene rings is 1. The Labute approximate surface area is 134 Å². The minimum atomic E-state index is -0.398. The average Bonchev–Trinajstić information content (AvgIpc) is 3.08. The van der Waals surface area contributed by atoms with Crippen LogP contribution in [0.15, 0.2) is 17.5 Å². The van der Waals surface area contributed by atoms with Crippen LogP contribution in [0.3, 0.4) is 0 Å². The summed E-state index contributed by atoms with van der Waals surface area (Å²) in [6.07, 6.45) is 0.478. The molecule has 1 aliphatic rings. The summed E-state index contributed by atoms with van der Waals surface area (Å²) in [6.45, 7) is 0.293. The molecule has 2 unspecified atom stereocenters. The molecule has 1 aliphatic heterocycles. The number of rotatable bonds is 5. The second kappa shape index (κ2) is 6.91. The topological polar surface area (TPSA) is 69.7 Å². The Kier molecular flexibility index (Phi) is 5.18. The lowest BCUT2D eigenvalue weighted by Crippen LogP contribution is -2.36. The van der Waals surface area contributed by atoms with E-state index < -0.39 is 5.92 Å². The van der Waals surface area contributed by atoms with Crippen LogP contribution in [0.4, 0.5) is 0 Å². The van der Waals surface area contributed by atoms with Crippen molar-refractivity contribution >= 4 is 29.1 Å². The molecule has 1 aromatic rings. The number of carbonyl (C=O) groups excluding carboxylic acids is 3. The number of carbonyl (C=O) groups is 3. The zero-order chi connectivity index (χ0) is 16.3. The molecule has 22 heavy (non-hydrogen) atoms. The SMILES string of the molecule is CN(C)C(=O)CCNC(=O)C1CC(=O)N(C)C1c1cccs1. The zero-order valence-corrected chi connectivity index (χ0v) is 13.9. The van der Waals surface area contributed by atoms with Crippen molar-refractivity contribution in [3.8, 4) is 0 Å². The van der Waals surface area contributed by atoms with E-state index in [0.29, 0.717) is 6.54 Å². The first-order valence-electron chi connectivity index (χ1n) is 7.18. The summed E-state index contributed by atoms with van der Waals surface area (Å²) in [5.74, 6) is -0.620. The summed E-state index contributed by atoms with van der Waals surface area (Å²) in [4.78, 5) is 40.0. The summed E-state index contributed by atoms with van der Waals surface area (Å²) in [6, 6.07) is 3.65. The molecule has 2 atom stereocenters. The molecule has 0 aliphatic carbocycles.